The van der Waals surface area contributed by atoms with Gasteiger partial charge in [-0.1, -0.05) is 18.2 Å². The Morgan fingerprint density at radius 2 is 1.57 bits per heavy atom. The molecule has 1 N–H and O–H groups in total. The molecule has 0 bridgehead atoms. The van der Waals surface area contributed by atoms with Crippen LogP contribution < -0.4 is 14.2 Å². The first-order valence-corrected chi connectivity index (χ1v) is 6.90. The maximum atomic E-state index is 11.6. The second kappa shape index (κ2) is 7.35. The van der Waals surface area contributed by atoms with Crippen LogP contribution in [0.4, 0.5) is 0 Å². The molecule has 5 nitrogen and oxygen atoms in total. The molecule has 23 heavy (non-hydrogen) atoms. The van der Waals surface area contributed by atoms with E-state index in [-0.39, 0.29) is 5.57 Å². The Bertz CT molecular complexity index is 717. The summed E-state index contributed by atoms with van der Waals surface area (Å²) in [5, 5.41) is 9.51. The Morgan fingerprint density at radius 1 is 0.913 bits per heavy atom. The highest BCUT2D eigenvalue weighted by atomic mass is 16.5. The number of benzene rings is 2. The van der Waals surface area contributed by atoms with Crippen LogP contribution in [0, 0.1) is 0 Å². The zero-order chi connectivity index (χ0) is 16.8. The maximum absolute atomic E-state index is 11.6. The molecule has 0 heterocycles. The summed E-state index contributed by atoms with van der Waals surface area (Å²) in [4.78, 5) is 11.6. The van der Waals surface area contributed by atoms with E-state index in [4.69, 9.17) is 14.2 Å². The molecule has 0 saturated carbocycles. The Balaban J connectivity index is 2.45. The van der Waals surface area contributed by atoms with Crippen molar-refractivity contribution in [3.8, 4) is 17.2 Å². The van der Waals surface area contributed by atoms with Gasteiger partial charge in [-0.2, -0.15) is 0 Å². The van der Waals surface area contributed by atoms with Crippen LogP contribution in [0.5, 0.6) is 17.2 Å². The van der Waals surface area contributed by atoms with Crippen LogP contribution in [-0.4, -0.2) is 32.4 Å². The van der Waals surface area contributed by atoms with E-state index in [2.05, 4.69) is 0 Å². The quantitative estimate of drug-likeness (QED) is 0.654. The average molecular weight is 314 g/mol. The zero-order valence-electron chi connectivity index (χ0n) is 13.2. The van der Waals surface area contributed by atoms with Crippen molar-refractivity contribution in [1.29, 1.82) is 0 Å². The molecule has 0 amide bonds. The van der Waals surface area contributed by atoms with Crippen molar-refractivity contribution in [2.45, 2.75) is 0 Å². The molecule has 0 aliphatic rings. The third-order valence-corrected chi connectivity index (χ3v) is 3.35. The lowest BCUT2D eigenvalue weighted by Gasteiger charge is -2.10. The van der Waals surface area contributed by atoms with Gasteiger partial charge in [0.25, 0.3) is 0 Å². The Hall–Kier alpha value is -2.95. The smallest absolute Gasteiger partial charge is 0.336 e. The number of hydrogen-bond acceptors (Lipinski definition) is 4. The van der Waals surface area contributed by atoms with Crippen LogP contribution >= 0.6 is 0 Å². The highest BCUT2D eigenvalue weighted by Gasteiger charge is 2.14. The van der Waals surface area contributed by atoms with Gasteiger partial charge in [0.05, 0.1) is 26.9 Å². The number of ether oxygens (including phenoxy) is 3. The fraction of sp³-hybridized carbons (Fsp3) is 0.167. The first-order chi connectivity index (χ1) is 11.1. The summed E-state index contributed by atoms with van der Waals surface area (Å²) in [6.45, 7) is 0. The van der Waals surface area contributed by atoms with Crippen LogP contribution in [0.15, 0.2) is 42.5 Å². The van der Waals surface area contributed by atoms with Gasteiger partial charge in [-0.05, 0) is 41.5 Å². The van der Waals surface area contributed by atoms with E-state index in [0.29, 0.717) is 22.8 Å². The van der Waals surface area contributed by atoms with E-state index in [1.54, 1.807) is 55.7 Å². The molecule has 0 aliphatic heterocycles. The largest absolute Gasteiger partial charge is 0.497 e. The Kier molecular flexibility index (Phi) is 5.25. The standard InChI is InChI=1S/C18H18O5/c1-21-14-7-4-12(5-8-14)10-15(18(19)20)13-6-9-16(22-2)17(11-13)23-3/h4-11H,1-3H3,(H,19,20)/b15-10+. The predicted molar refractivity (Wildman–Crippen MR) is 88.0 cm³/mol. The average Bonchev–Trinajstić information content (AvgIpc) is 2.59. The maximum Gasteiger partial charge on any atom is 0.336 e. The molecule has 0 fully saturated rings. The van der Waals surface area contributed by atoms with Gasteiger partial charge in [0.15, 0.2) is 11.5 Å². The molecule has 0 aromatic heterocycles. The highest BCUT2D eigenvalue weighted by Crippen LogP contribution is 2.31. The van der Waals surface area contributed by atoms with E-state index in [9.17, 15) is 9.90 Å². The minimum absolute atomic E-state index is 0.163. The van der Waals surface area contributed by atoms with Crippen molar-refractivity contribution in [1.82, 2.24) is 0 Å². The zero-order valence-corrected chi connectivity index (χ0v) is 13.2. The van der Waals surface area contributed by atoms with E-state index in [1.165, 1.54) is 14.2 Å². The summed E-state index contributed by atoms with van der Waals surface area (Å²) in [5.41, 5.74) is 1.46. The summed E-state index contributed by atoms with van der Waals surface area (Å²) < 4.78 is 15.5. The van der Waals surface area contributed by atoms with Gasteiger partial charge in [0, 0.05) is 0 Å². The summed E-state index contributed by atoms with van der Waals surface area (Å²) >= 11 is 0. The number of carbonyl (C=O) groups is 1. The number of rotatable bonds is 6. The van der Waals surface area contributed by atoms with Crippen LogP contribution in [0.1, 0.15) is 11.1 Å². The van der Waals surface area contributed by atoms with Crippen molar-refractivity contribution in [3.63, 3.8) is 0 Å². The first kappa shape index (κ1) is 16.4. The molecular weight excluding hydrogens is 296 g/mol. The second-order valence-corrected chi connectivity index (χ2v) is 4.71. The number of carboxylic acids is 1. The summed E-state index contributed by atoms with van der Waals surface area (Å²) in [6.07, 6.45) is 1.60. The molecular formula is C18H18O5. The molecule has 2 aromatic rings. The van der Waals surface area contributed by atoms with Crippen LogP contribution in [0.2, 0.25) is 0 Å². The Labute approximate surface area is 134 Å². The topological polar surface area (TPSA) is 65.0 Å². The number of methoxy groups -OCH3 is 3. The fourth-order valence-corrected chi connectivity index (χ4v) is 2.14. The summed E-state index contributed by atoms with van der Waals surface area (Å²) in [7, 11) is 4.62. The van der Waals surface area contributed by atoms with Crippen molar-refractivity contribution >= 4 is 17.6 Å². The third kappa shape index (κ3) is 3.83. The van der Waals surface area contributed by atoms with E-state index < -0.39 is 5.97 Å². The van der Waals surface area contributed by atoms with Crippen molar-refractivity contribution in [2.24, 2.45) is 0 Å². The monoisotopic (exact) mass is 314 g/mol. The van der Waals surface area contributed by atoms with Gasteiger partial charge < -0.3 is 19.3 Å². The SMILES string of the molecule is COc1ccc(/C=C(/C(=O)O)c2ccc(OC)c(OC)c2)cc1. The normalized spacial score (nSPS) is 11.0. The Morgan fingerprint density at radius 3 is 2.09 bits per heavy atom. The minimum atomic E-state index is -1.02. The second-order valence-electron chi connectivity index (χ2n) is 4.71. The van der Waals surface area contributed by atoms with Gasteiger partial charge in [-0.3, -0.25) is 0 Å². The van der Waals surface area contributed by atoms with Gasteiger partial charge in [0.1, 0.15) is 5.75 Å². The first-order valence-electron chi connectivity index (χ1n) is 6.90. The molecule has 120 valence electrons. The van der Waals surface area contributed by atoms with Crippen molar-refractivity contribution in [2.75, 3.05) is 21.3 Å². The van der Waals surface area contributed by atoms with Gasteiger partial charge in [-0.25, -0.2) is 4.79 Å². The van der Waals surface area contributed by atoms with Crippen LogP contribution in [0.25, 0.3) is 11.6 Å². The molecule has 0 aliphatic carbocycles. The number of hydrogen-bond donors (Lipinski definition) is 1. The van der Waals surface area contributed by atoms with E-state index in [1.807, 2.05) is 0 Å². The molecule has 0 spiro atoms. The predicted octanol–water partition coefficient (Wildman–Crippen LogP) is 3.34. The third-order valence-electron chi connectivity index (χ3n) is 3.35. The van der Waals surface area contributed by atoms with Crippen molar-refractivity contribution < 1.29 is 24.1 Å². The van der Waals surface area contributed by atoms with Gasteiger partial charge in [-0.15, -0.1) is 0 Å². The van der Waals surface area contributed by atoms with Crippen LogP contribution in [0.3, 0.4) is 0 Å². The minimum Gasteiger partial charge on any atom is -0.497 e. The fourth-order valence-electron chi connectivity index (χ4n) is 2.14. The van der Waals surface area contributed by atoms with E-state index >= 15 is 0 Å². The molecule has 5 heteroatoms. The molecule has 0 saturated heterocycles. The van der Waals surface area contributed by atoms with Gasteiger partial charge >= 0.3 is 5.97 Å². The molecule has 2 rings (SSSR count). The van der Waals surface area contributed by atoms with Crippen molar-refractivity contribution in [3.05, 3.63) is 53.6 Å². The molecule has 0 radical (unpaired) electrons. The number of aliphatic carboxylic acids is 1. The summed E-state index contributed by atoms with van der Waals surface area (Å²) in [5.74, 6) is 0.718. The lowest BCUT2D eigenvalue weighted by atomic mass is 10.0. The summed E-state index contributed by atoms with van der Waals surface area (Å²) in [6, 6.07) is 12.1. The number of carboxylic acid groups (broad SMARTS) is 1. The lowest BCUT2D eigenvalue weighted by molar-refractivity contribution is -0.130. The van der Waals surface area contributed by atoms with Gasteiger partial charge in [0.2, 0.25) is 0 Å². The molecule has 2 aromatic carbocycles. The van der Waals surface area contributed by atoms with E-state index in [0.717, 1.165) is 5.56 Å². The molecule has 0 atom stereocenters. The molecule has 0 unspecified atom stereocenters. The highest BCUT2D eigenvalue weighted by molar-refractivity contribution is 6.20. The lowest BCUT2D eigenvalue weighted by Crippen LogP contribution is -2.01. The van der Waals surface area contributed by atoms with Crippen LogP contribution in [-0.2, 0) is 4.79 Å².